The van der Waals surface area contributed by atoms with Gasteiger partial charge in [0, 0.05) is 5.56 Å². The number of hydrazone groups is 1. The molecule has 0 aliphatic rings. The first-order valence-corrected chi connectivity index (χ1v) is 9.81. The predicted octanol–water partition coefficient (Wildman–Crippen LogP) is 3.37. The average molecular weight is 396 g/mol. The highest BCUT2D eigenvalue weighted by molar-refractivity contribution is 7.99. The quantitative estimate of drug-likeness (QED) is 0.263. The lowest BCUT2D eigenvalue weighted by Crippen LogP contribution is -2.20. The van der Waals surface area contributed by atoms with E-state index in [1.54, 1.807) is 24.3 Å². The first-order chi connectivity index (χ1) is 13.7. The van der Waals surface area contributed by atoms with Crippen molar-refractivity contribution in [3.63, 3.8) is 0 Å². The topological polar surface area (TPSA) is 96.4 Å². The van der Waals surface area contributed by atoms with E-state index in [0.717, 1.165) is 17.5 Å². The van der Waals surface area contributed by atoms with Crippen molar-refractivity contribution in [2.24, 2.45) is 5.10 Å². The van der Waals surface area contributed by atoms with Gasteiger partial charge < -0.3 is 9.72 Å². The van der Waals surface area contributed by atoms with Crippen LogP contribution in [0.5, 0.6) is 0 Å². The number of benzene rings is 2. The molecule has 3 aromatic rings. The predicted molar refractivity (Wildman–Crippen MR) is 110 cm³/mol. The number of ether oxygens (including phenoxy) is 1. The summed E-state index contributed by atoms with van der Waals surface area (Å²) >= 11 is 1.29. The standard InChI is InChI=1S/C20H20N4O3S/c1-2-11-27-19(26)15-8-4-3-7-14(15)12-21-24-18(25)13-28-20-22-16-9-5-6-10-17(16)23-20/h3-10,12H,2,11,13H2,1H3,(H,22,23)(H,24,25)/b21-12+. The monoisotopic (exact) mass is 396 g/mol. The Kier molecular flexibility index (Phi) is 6.80. The molecule has 0 atom stereocenters. The van der Waals surface area contributed by atoms with E-state index in [2.05, 4.69) is 20.5 Å². The molecule has 0 unspecified atom stereocenters. The molecule has 2 aromatic carbocycles. The van der Waals surface area contributed by atoms with Crippen molar-refractivity contribution >= 4 is 40.9 Å². The molecule has 0 spiro atoms. The third-order valence-corrected chi connectivity index (χ3v) is 4.59. The second-order valence-corrected chi connectivity index (χ2v) is 6.83. The number of carbonyl (C=O) groups excluding carboxylic acids is 2. The van der Waals surface area contributed by atoms with Crippen molar-refractivity contribution in [3.8, 4) is 0 Å². The Hall–Kier alpha value is -3.13. The number of imidazole rings is 1. The van der Waals surface area contributed by atoms with E-state index in [9.17, 15) is 9.59 Å². The third-order valence-electron chi connectivity index (χ3n) is 3.72. The van der Waals surface area contributed by atoms with Crippen LogP contribution in [0.25, 0.3) is 11.0 Å². The minimum atomic E-state index is -0.407. The molecule has 0 bridgehead atoms. The van der Waals surface area contributed by atoms with Gasteiger partial charge in [0.05, 0.1) is 35.2 Å². The molecular weight excluding hydrogens is 376 g/mol. The van der Waals surface area contributed by atoms with Gasteiger partial charge in [-0.05, 0) is 24.6 Å². The molecule has 144 valence electrons. The van der Waals surface area contributed by atoms with Gasteiger partial charge in [-0.1, -0.05) is 49.0 Å². The summed E-state index contributed by atoms with van der Waals surface area (Å²) in [7, 11) is 0. The highest BCUT2D eigenvalue weighted by atomic mass is 32.2. The Morgan fingerprint density at radius 1 is 1.21 bits per heavy atom. The zero-order chi connectivity index (χ0) is 19.8. The summed E-state index contributed by atoms with van der Waals surface area (Å²) in [4.78, 5) is 31.6. The number of esters is 1. The second kappa shape index (κ2) is 9.70. The fourth-order valence-corrected chi connectivity index (χ4v) is 3.08. The fraction of sp³-hybridized carbons (Fsp3) is 0.200. The Labute approximate surface area is 166 Å². The Morgan fingerprint density at radius 2 is 2.00 bits per heavy atom. The van der Waals surface area contributed by atoms with Crippen LogP contribution in [0.3, 0.4) is 0 Å². The van der Waals surface area contributed by atoms with Crippen molar-refractivity contribution < 1.29 is 14.3 Å². The van der Waals surface area contributed by atoms with Gasteiger partial charge in [0.25, 0.3) is 5.91 Å². The van der Waals surface area contributed by atoms with Gasteiger partial charge in [0.2, 0.25) is 0 Å². The molecule has 2 N–H and O–H groups in total. The summed E-state index contributed by atoms with van der Waals surface area (Å²) in [6.45, 7) is 2.29. The van der Waals surface area contributed by atoms with E-state index in [1.807, 2.05) is 31.2 Å². The fourth-order valence-electron chi connectivity index (χ4n) is 2.41. The molecule has 0 aliphatic carbocycles. The van der Waals surface area contributed by atoms with Crippen molar-refractivity contribution in [2.75, 3.05) is 12.4 Å². The number of nitrogens with one attached hydrogen (secondary N) is 2. The number of hydrogen-bond acceptors (Lipinski definition) is 6. The largest absolute Gasteiger partial charge is 0.462 e. The normalized spacial score (nSPS) is 11.0. The van der Waals surface area contributed by atoms with Gasteiger partial charge in [-0.2, -0.15) is 5.10 Å². The summed E-state index contributed by atoms with van der Waals surface area (Å²) in [5.41, 5.74) is 5.23. The lowest BCUT2D eigenvalue weighted by atomic mass is 10.1. The van der Waals surface area contributed by atoms with Crippen LogP contribution in [-0.4, -0.2) is 40.4 Å². The maximum absolute atomic E-state index is 12.1. The number of para-hydroxylation sites is 2. The van der Waals surface area contributed by atoms with Crippen LogP contribution in [0.4, 0.5) is 0 Å². The number of fused-ring (bicyclic) bond motifs is 1. The van der Waals surface area contributed by atoms with Crippen molar-refractivity contribution in [3.05, 3.63) is 59.7 Å². The van der Waals surface area contributed by atoms with Crippen molar-refractivity contribution in [1.29, 1.82) is 0 Å². The van der Waals surface area contributed by atoms with Crippen LogP contribution in [0.1, 0.15) is 29.3 Å². The smallest absolute Gasteiger partial charge is 0.338 e. The van der Waals surface area contributed by atoms with Gasteiger partial charge in [-0.25, -0.2) is 15.2 Å². The number of aromatic amines is 1. The van der Waals surface area contributed by atoms with Gasteiger partial charge in [0.1, 0.15) is 0 Å². The van der Waals surface area contributed by atoms with E-state index in [-0.39, 0.29) is 11.7 Å². The highest BCUT2D eigenvalue weighted by Crippen LogP contribution is 2.18. The van der Waals surface area contributed by atoms with Gasteiger partial charge in [-0.3, -0.25) is 4.79 Å². The number of aromatic nitrogens is 2. The Bertz CT molecular complexity index is 967. The molecule has 0 fully saturated rings. The summed E-state index contributed by atoms with van der Waals surface area (Å²) in [5, 5.41) is 4.61. The zero-order valence-corrected chi connectivity index (χ0v) is 16.2. The summed E-state index contributed by atoms with van der Waals surface area (Å²) in [5.74, 6) is -0.513. The molecule has 3 rings (SSSR count). The van der Waals surface area contributed by atoms with Gasteiger partial charge in [-0.15, -0.1) is 0 Å². The molecule has 0 radical (unpaired) electrons. The van der Waals surface area contributed by atoms with Crippen LogP contribution in [0.2, 0.25) is 0 Å². The van der Waals surface area contributed by atoms with Crippen molar-refractivity contribution in [2.45, 2.75) is 18.5 Å². The molecule has 0 aliphatic heterocycles. The number of nitrogens with zero attached hydrogens (tertiary/aromatic N) is 2. The molecule has 1 amide bonds. The second-order valence-electron chi connectivity index (χ2n) is 5.86. The van der Waals surface area contributed by atoms with E-state index in [0.29, 0.717) is 22.9 Å². The van der Waals surface area contributed by atoms with Crippen LogP contribution in [0.15, 0.2) is 58.8 Å². The molecule has 8 heteroatoms. The number of amides is 1. The van der Waals surface area contributed by atoms with E-state index < -0.39 is 5.97 Å². The number of H-pyrrole nitrogens is 1. The first-order valence-electron chi connectivity index (χ1n) is 8.83. The first kappa shape index (κ1) is 19.6. The maximum atomic E-state index is 12.1. The van der Waals surface area contributed by atoms with E-state index in [4.69, 9.17) is 4.74 Å². The number of rotatable bonds is 8. The summed E-state index contributed by atoms with van der Waals surface area (Å²) < 4.78 is 5.16. The van der Waals surface area contributed by atoms with Crippen LogP contribution in [0, 0.1) is 0 Å². The highest BCUT2D eigenvalue weighted by Gasteiger charge is 2.11. The molecule has 1 aromatic heterocycles. The molecule has 0 saturated heterocycles. The van der Waals surface area contributed by atoms with Crippen molar-refractivity contribution in [1.82, 2.24) is 15.4 Å². The number of thioether (sulfide) groups is 1. The lowest BCUT2D eigenvalue weighted by Gasteiger charge is -2.05. The lowest BCUT2D eigenvalue weighted by molar-refractivity contribution is -0.118. The Balaban J connectivity index is 1.54. The molecule has 7 nitrogen and oxygen atoms in total. The van der Waals surface area contributed by atoms with Gasteiger partial charge in [0.15, 0.2) is 5.16 Å². The average Bonchev–Trinajstić information content (AvgIpc) is 3.14. The SMILES string of the molecule is CCCOC(=O)c1ccccc1/C=N/NC(=O)CSc1nc2ccccc2[nH]1. The molecule has 0 saturated carbocycles. The Morgan fingerprint density at radius 3 is 2.82 bits per heavy atom. The van der Waals surface area contributed by atoms with Crippen LogP contribution in [-0.2, 0) is 9.53 Å². The molecule has 1 heterocycles. The van der Waals surface area contributed by atoms with Gasteiger partial charge >= 0.3 is 5.97 Å². The van der Waals surface area contributed by atoms with Crippen LogP contribution < -0.4 is 5.43 Å². The van der Waals surface area contributed by atoms with E-state index >= 15 is 0 Å². The third kappa shape index (κ3) is 5.20. The minimum absolute atomic E-state index is 0.164. The summed E-state index contributed by atoms with van der Waals surface area (Å²) in [6.07, 6.45) is 2.19. The van der Waals surface area contributed by atoms with E-state index in [1.165, 1.54) is 18.0 Å². The minimum Gasteiger partial charge on any atom is -0.462 e. The zero-order valence-electron chi connectivity index (χ0n) is 15.3. The van der Waals surface area contributed by atoms with Crippen LogP contribution >= 0.6 is 11.8 Å². The maximum Gasteiger partial charge on any atom is 0.338 e. The number of carbonyl (C=O) groups is 2. The molecule has 28 heavy (non-hydrogen) atoms. The summed E-state index contributed by atoms with van der Waals surface area (Å²) in [6, 6.07) is 14.6. The molecular formula is C20H20N4O3S. The number of hydrogen-bond donors (Lipinski definition) is 2.